The average Bonchev–Trinajstić information content (AvgIpc) is 3.29. The van der Waals surface area contributed by atoms with E-state index in [2.05, 4.69) is 316 Å². The lowest BCUT2D eigenvalue weighted by Crippen LogP contribution is -2.19. The van der Waals surface area contributed by atoms with E-state index < -0.39 is 0 Å². The van der Waals surface area contributed by atoms with Crippen molar-refractivity contribution in [3.8, 4) is 0 Å². The molecule has 0 saturated heterocycles. The number of fused-ring (bicyclic) bond motifs is 2. The fourth-order valence-corrected chi connectivity index (χ4v) is 7.87. The summed E-state index contributed by atoms with van der Waals surface area (Å²) >= 11 is 0. The molecule has 8 aromatic carbocycles. The molecule has 0 N–H and O–H groups in total. The van der Waals surface area contributed by atoms with Crippen LogP contribution in [0.15, 0.2) is 212 Å². The van der Waals surface area contributed by atoms with Gasteiger partial charge in [0.25, 0.3) is 0 Å². The summed E-state index contributed by atoms with van der Waals surface area (Å²) in [6.07, 6.45) is 4.39. The second-order valence-electron chi connectivity index (χ2n) is 22.9. The summed E-state index contributed by atoms with van der Waals surface area (Å²) in [5.41, 5.74) is 9.54. The molecule has 0 radical (unpaired) electrons. The Bertz CT molecular complexity index is 2600. The molecule has 0 aliphatic heterocycles. The monoisotopic (exact) mass is 887 g/mol. The molecule has 0 atom stereocenters. The Hall–Kier alpha value is -5.98. The highest BCUT2D eigenvalue weighted by Gasteiger charge is 2.27. The van der Waals surface area contributed by atoms with E-state index in [-0.39, 0.29) is 21.7 Å². The summed E-state index contributed by atoms with van der Waals surface area (Å²) in [5, 5.41) is 5.36. The second-order valence-corrected chi connectivity index (χ2v) is 22.9. The van der Waals surface area contributed by atoms with Gasteiger partial charge in [0, 0.05) is 5.92 Å². The van der Waals surface area contributed by atoms with Crippen LogP contribution >= 0.6 is 0 Å². The van der Waals surface area contributed by atoms with Crippen LogP contribution < -0.4 is 0 Å². The lowest BCUT2D eigenvalue weighted by molar-refractivity contribution is 0.358. The first kappa shape index (κ1) is 53.6. The largest absolute Gasteiger partial charge is 0.0785 e. The fraction of sp³-hybridized carbons (Fsp3) is 0.313. The summed E-state index contributed by atoms with van der Waals surface area (Å²) in [5.74, 6) is 0.449. The molecule has 0 fully saturated rings. The number of hydrogen-bond acceptors (Lipinski definition) is 0. The number of benzene rings is 8. The first-order chi connectivity index (χ1) is 31.4. The highest BCUT2D eigenvalue weighted by molar-refractivity contribution is 5.86. The van der Waals surface area contributed by atoms with E-state index in [9.17, 15) is 0 Å². The molecule has 8 aromatic rings. The first-order valence-corrected chi connectivity index (χ1v) is 24.3. The predicted octanol–water partition coefficient (Wildman–Crippen LogP) is 19.9. The van der Waals surface area contributed by atoms with Crippen molar-refractivity contribution in [2.24, 2.45) is 10.8 Å². The minimum absolute atomic E-state index is 0.223. The van der Waals surface area contributed by atoms with Crippen LogP contribution in [0.2, 0.25) is 0 Å². The van der Waals surface area contributed by atoms with Gasteiger partial charge in [-0.25, -0.2) is 0 Å². The number of hydrogen-bond donors (Lipinski definition) is 0. The maximum absolute atomic E-state index is 2.30. The number of allylic oxidation sites excluding steroid dienone is 1. The van der Waals surface area contributed by atoms with Crippen LogP contribution in [0, 0.1) is 10.8 Å². The van der Waals surface area contributed by atoms with Crippen LogP contribution in [0.1, 0.15) is 143 Å². The summed E-state index contributed by atoms with van der Waals surface area (Å²) in [4.78, 5) is 0. The molecule has 0 spiro atoms. The summed E-state index contributed by atoms with van der Waals surface area (Å²) in [7, 11) is 0. The Labute approximate surface area is 408 Å². The van der Waals surface area contributed by atoms with Gasteiger partial charge in [-0.2, -0.15) is 0 Å². The van der Waals surface area contributed by atoms with Crippen LogP contribution in [0.3, 0.4) is 0 Å². The van der Waals surface area contributed by atoms with E-state index in [0.717, 1.165) is 0 Å². The van der Waals surface area contributed by atoms with Gasteiger partial charge in [-0.15, -0.1) is 0 Å². The summed E-state index contributed by atoms with van der Waals surface area (Å²) < 4.78 is 0. The standard InChI is InChI=1S/C17H20.2C14H16.C12H16.C10H14/c1-17(2,3)16(14-10-6-4-7-11-14)15-12-8-5-9-13-15;1-14(2,3)13-10-6-8-11-7-4-5-9-12(11)13;1-14(2,3)13-9-8-11-6-4-5-7-12(11)10-13;1-12(2,3)10-9-11-7-5-4-6-8-11;1-10(2,3)9-7-5-4-6-8-9/h4-13,16H,1-3H3;2*4-10H,1-3H3;4-10H,1-3H3;4-8H,1-3H3/b;;;10-9+;. The van der Waals surface area contributed by atoms with Gasteiger partial charge in [0.15, 0.2) is 0 Å². The highest BCUT2D eigenvalue weighted by atomic mass is 14.3. The third kappa shape index (κ3) is 18.3. The minimum Gasteiger partial charge on any atom is -0.0785 e. The zero-order valence-corrected chi connectivity index (χ0v) is 43.9. The van der Waals surface area contributed by atoms with Crippen molar-refractivity contribution >= 4 is 27.6 Å². The van der Waals surface area contributed by atoms with Gasteiger partial charge >= 0.3 is 0 Å². The van der Waals surface area contributed by atoms with Crippen molar-refractivity contribution in [2.45, 2.75) is 126 Å². The molecule has 8 rings (SSSR count). The first-order valence-electron chi connectivity index (χ1n) is 24.3. The van der Waals surface area contributed by atoms with Crippen molar-refractivity contribution in [3.05, 3.63) is 246 Å². The molecule has 350 valence electrons. The molecule has 0 bridgehead atoms. The van der Waals surface area contributed by atoms with Crippen molar-refractivity contribution in [3.63, 3.8) is 0 Å². The third-order valence-electron chi connectivity index (χ3n) is 11.6. The Morgan fingerprint density at radius 3 is 1.19 bits per heavy atom. The quantitative estimate of drug-likeness (QED) is 0.166. The zero-order valence-electron chi connectivity index (χ0n) is 43.9. The lowest BCUT2D eigenvalue weighted by Gasteiger charge is -2.31. The van der Waals surface area contributed by atoms with Gasteiger partial charge in [0.05, 0.1) is 0 Å². The van der Waals surface area contributed by atoms with E-state index in [4.69, 9.17) is 0 Å². The van der Waals surface area contributed by atoms with Crippen molar-refractivity contribution in [1.29, 1.82) is 0 Å². The Morgan fingerprint density at radius 1 is 0.328 bits per heavy atom. The molecule has 0 heterocycles. The van der Waals surface area contributed by atoms with Crippen molar-refractivity contribution in [1.82, 2.24) is 0 Å². The van der Waals surface area contributed by atoms with E-state index in [0.29, 0.717) is 11.3 Å². The second kappa shape index (κ2) is 24.2. The maximum Gasteiger partial charge on any atom is 0.0138 e. The van der Waals surface area contributed by atoms with Gasteiger partial charge in [0.2, 0.25) is 0 Å². The number of rotatable bonds is 3. The van der Waals surface area contributed by atoms with Gasteiger partial charge in [-0.1, -0.05) is 322 Å². The van der Waals surface area contributed by atoms with Crippen LogP contribution in [0.4, 0.5) is 0 Å². The highest BCUT2D eigenvalue weighted by Crippen LogP contribution is 2.40. The van der Waals surface area contributed by atoms with E-state index in [1.54, 1.807) is 0 Å². The van der Waals surface area contributed by atoms with Gasteiger partial charge in [-0.3, -0.25) is 0 Å². The smallest absolute Gasteiger partial charge is 0.0138 e. The molecule has 0 amide bonds. The molecular weight excluding hydrogens is 805 g/mol. The molecule has 67 heavy (non-hydrogen) atoms. The van der Waals surface area contributed by atoms with Crippen LogP contribution in [-0.4, -0.2) is 0 Å². The van der Waals surface area contributed by atoms with Crippen molar-refractivity contribution in [2.75, 3.05) is 0 Å². The molecule has 0 aliphatic carbocycles. The van der Waals surface area contributed by atoms with Gasteiger partial charge < -0.3 is 0 Å². The lowest BCUT2D eigenvalue weighted by atomic mass is 9.73. The molecule has 0 aromatic heterocycles. The van der Waals surface area contributed by atoms with Crippen LogP contribution in [0.25, 0.3) is 27.6 Å². The zero-order chi connectivity index (χ0) is 49.3. The molecule has 0 aliphatic rings. The van der Waals surface area contributed by atoms with Crippen LogP contribution in [0.5, 0.6) is 0 Å². The Morgan fingerprint density at radius 2 is 0.746 bits per heavy atom. The normalized spacial score (nSPS) is 11.9. The average molecular weight is 887 g/mol. The molecule has 0 nitrogen and oxygen atoms in total. The fourth-order valence-electron chi connectivity index (χ4n) is 7.87. The van der Waals surface area contributed by atoms with E-state index >= 15 is 0 Å². The third-order valence-corrected chi connectivity index (χ3v) is 11.6. The molecular formula is C67H82. The van der Waals surface area contributed by atoms with Crippen molar-refractivity contribution < 1.29 is 0 Å². The predicted molar refractivity (Wildman–Crippen MR) is 300 cm³/mol. The SMILES string of the molecule is CC(C)(C)/C=C/c1ccccc1.CC(C)(C)C(c1ccccc1)c1ccccc1.CC(C)(C)c1ccc2ccccc2c1.CC(C)(C)c1cccc2ccccc12.CC(C)(C)c1ccccc1. The summed E-state index contributed by atoms with van der Waals surface area (Å²) in [6.45, 7) is 33.7. The topological polar surface area (TPSA) is 0 Å². The Kier molecular flexibility index (Phi) is 19.3. The molecule has 0 heteroatoms. The molecule has 0 saturated carbocycles. The van der Waals surface area contributed by atoms with Gasteiger partial charge in [0.1, 0.15) is 0 Å². The van der Waals surface area contributed by atoms with Gasteiger partial charge in [-0.05, 0) is 82.0 Å². The van der Waals surface area contributed by atoms with E-state index in [1.165, 1.54) is 54.9 Å². The summed E-state index contributed by atoms with van der Waals surface area (Å²) in [6, 6.07) is 72.8. The maximum atomic E-state index is 2.30. The van der Waals surface area contributed by atoms with Crippen LogP contribution in [-0.2, 0) is 16.2 Å². The molecule has 0 unspecified atom stereocenters. The Balaban J connectivity index is 0.000000185. The minimum atomic E-state index is 0.223. The van der Waals surface area contributed by atoms with E-state index in [1.807, 2.05) is 6.07 Å².